The molecule has 0 aromatic heterocycles. The summed E-state index contributed by atoms with van der Waals surface area (Å²) >= 11 is 0. The molecule has 1 saturated carbocycles. The fourth-order valence-electron chi connectivity index (χ4n) is 2.80. The van der Waals surface area contributed by atoms with Gasteiger partial charge in [0.1, 0.15) is 5.75 Å². The van der Waals surface area contributed by atoms with E-state index in [-0.39, 0.29) is 0 Å². The average Bonchev–Trinajstić information content (AvgIpc) is 2.48. The SMILES string of the molecule is CCc1ccccc1OCCCNC1CCCCC1. The minimum absolute atomic E-state index is 0.761. The number of hydrogen-bond acceptors (Lipinski definition) is 2. The highest BCUT2D eigenvalue weighted by atomic mass is 16.5. The van der Waals surface area contributed by atoms with Crippen molar-refractivity contribution in [3.05, 3.63) is 29.8 Å². The third-order valence-corrected chi connectivity index (χ3v) is 3.97. The van der Waals surface area contributed by atoms with Crippen molar-refractivity contribution in [3.63, 3.8) is 0 Å². The van der Waals surface area contributed by atoms with Crippen LogP contribution in [0, 0.1) is 0 Å². The van der Waals surface area contributed by atoms with Crippen LogP contribution in [0.3, 0.4) is 0 Å². The molecule has 0 aliphatic heterocycles. The van der Waals surface area contributed by atoms with Crippen LogP contribution >= 0.6 is 0 Å². The Bertz CT molecular complexity index is 358. The van der Waals surface area contributed by atoms with Crippen LogP contribution in [-0.2, 0) is 6.42 Å². The Labute approximate surface area is 117 Å². The number of nitrogens with one attached hydrogen (secondary N) is 1. The average molecular weight is 261 g/mol. The number of ether oxygens (including phenoxy) is 1. The first-order valence-electron chi connectivity index (χ1n) is 7.84. The Morgan fingerprint density at radius 3 is 2.74 bits per heavy atom. The van der Waals surface area contributed by atoms with Crippen LogP contribution in [-0.4, -0.2) is 19.2 Å². The van der Waals surface area contributed by atoms with Crippen molar-refractivity contribution in [1.82, 2.24) is 5.32 Å². The van der Waals surface area contributed by atoms with E-state index < -0.39 is 0 Å². The first kappa shape index (κ1) is 14.4. The van der Waals surface area contributed by atoms with Gasteiger partial charge in [-0.3, -0.25) is 0 Å². The smallest absolute Gasteiger partial charge is 0.122 e. The second kappa shape index (κ2) is 8.21. The topological polar surface area (TPSA) is 21.3 Å². The van der Waals surface area contributed by atoms with Crippen LogP contribution in [0.15, 0.2) is 24.3 Å². The molecule has 0 heterocycles. The summed E-state index contributed by atoms with van der Waals surface area (Å²) in [6, 6.07) is 9.12. The zero-order valence-electron chi connectivity index (χ0n) is 12.2. The molecule has 1 aliphatic rings. The molecule has 2 rings (SSSR count). The summed E-state index contributed by atoms with van der Waals surface area (Å²) in [5.74, 6) is 1.06. The molecular formula is C17H27NO. The van der Waals surface area contributed by atoms with Crippen molar-refractivity contribution in [2.45, 2.75) is 57.9 Å². The van der Waals surface area contributed by atoms with Crippen molar-refractivity contribution in [2.24, 2.45) is 0 Å². The molecule has 0 saturated heterocycles. The second-order valence-corrected chi connectivity index (χ2v) is 5.45. The molecule has 1 aromatic rings. The lowest BCUT2D eigenvalue weighted by molar-refractivity contribution is 0.294. The lowest BCUT2D eigenvalue weighted by Gasteiger charge is -2.22. The van der Waals surface area contributed by atoms with Gasteiger partial charge in [-0.05, 0) is 43.9 Å². The van der Waals surface area contributed by atoms with E-state index in [9.17, 15) is 0 Å². The molecule has 19 heavy (non-hydrogen) atoms. The van der Waals surface area contributed by atoms with E-state index in [1.165, 1.54) is 37.7 Å². The number of hydrogen-bond donors (Lipinski definition) is 1. The van der Waals surface area contributed by atoms with E-state index in [1.807, 2.05) is 0 Å². The van der Waals surface area contributed by atoms with E-state index in [0.717, 1.165) is 37.8 Å². The predicted molar refractivity (Wildman–Crippen MR) is 80.8 cm³/mol. The molecule has 0 spiro atoms. The van der Waals surface area contributed by atoms with Gasteiger partial charge in [0.15, 0.2) is 0 Å². The highest BCUT2D eigenvalue weighted by molar-refractivity contribution is 5.33. The lowest BCUT2D eigenvalue weighted by atomic mass is 9.95. The minimum Gasteiger partial charge on any atom is -0.493 e. The molecule has 0 bridgehead atoms. The van der Waals surface area contributed by atoms with Crippen molar-refractivity contribution in [2.75, 3.05) is 13.2 Å². The zero-order chi connectivity index (χ0) is 13.3. The maximum atomic E-state index is 5.88. The molecule has 2 heteroatoms. The van der Waals surface area contributed by atoms with Crippen molar-refractivity contribution in [1.29, 1.82) is 0 Å². The summed E-state index contributed by atoms with van der Waals surface area (Å²) in [4.78, 5) is 0. The van der Waals surface area contributed by atoms with Crippen LogP contribution in [0.5, 0.6) is 5.75 Å². The third-order valence-electron chi connectivity index (χ3n) is 3.97. The van der Waals surface area contributed by atoms with Crippen LogP contribution < -0.4 is 10.1 Å². The van der Waals surface area contributed by atoms with Crippen LogP contribution in [0.4, 0.5) is 0 Å². The van der Waals surface area contributed by atoms with Crippen molar-refractivity contribution < 1.29 is 4.74 Å². The largest absolute Gasteiger partial charge is 0.493 e. The summed E-state index contributed by atoms with van der Waals surface area (Å²) < 4.78 is 5.88. The third kappa shape index (κ3) is 4.87. The molecule has 1 aliphatic carbocycles. The molecule has 0 amide bonds. The lowest BCUT2D eigenvalue weighted by Crippen LogP contribution is -2.32. The quantitative estimate of drug-likeness (QED) is 0.751. The molecule has 1 N–H and O–H groups in total. The fraction of sp³-hybridized carbons (Fsp3) is 0.647. The minimum atomic E-state index is 0.761. The molecule has 106 valence electrons. The van der Waals surface area contributed by atoms with Gasteiger partial charge in [-0.15, -0.1) is 0 Å². The Hall–Kier alpha value is -1.02. The van der Waals surface area contributed by atoms with Crippen LogP contribution in [0.1, 0.15) is 51.0 Å². The van der Waals surface area contributed by atoms with Gasteiger partial charge in [-0.1, -0.05) is 44.4 Å². The van der Waals surface area contributed by atoms with Crippen molar-refractivity contribution in [3.8, 4) is 5.75 Å². The van der Waals surface area contributed by atoms with E-state index in [2.05, 4.69) is 36.5 Å². The van der Waals surface area contributed by atoms with Gasteiger partial charge >= 0.3 is 0 Å². The number of aryl methyl sites for hydroxylation is 1. The highest BCUT2D eigenvalue weighted by Crippen LogP contribution is 2.19. The summed E-state index contributed by atoms with van der Waals surface area (Å²) in [5.41, 5.74) is 1.31. The van der Waals surface area contributed by atoms with Gasteiger partial charge < -0.3 is 10.1 Å². The van der Waals surface area contributed by atoms with Crippen LogP contribution in [0.25, 0.3) is 0 Å². The normalized spacial score (nSPS) is 16.5. The number of para-hydroxylation sites is 1. The highest BCUT2D eigenvalue weighted by Gasteiger charge is 2.11. The molecule has 2 nitrogen and oxygen atoms in total. The first-order chi connectivity index (χ1) is 9.40. The maximum Gasteiger partial charge on any atom is 0.122 e. The molecular weight excluding hydrogens is 234 g/mol. The van der Waals surface area contributed by atoms with Gasteiger partial charge in [0, 0.05) is 6.04 Å². The van der Waals surface area contributed by atoms with Crippen LogP contribution in [0.2, 0.25) is 0 Å². The Morgan fingerprint density at radius 2 is 1.95 bits per heavy atom. The standard InChI is InChI=1S/C17H27NO/c1-2-15-9-6-7-12-17(15)19-14-8-13-18-16-10-4-3-5-11-16/h6-7,9,12,16,18H,2-5,8,10-11,13-14H2,1H3. The van der Waals surface area contributed by atoms with Gasteiger partial charge in [0.25, 0.3) is 0 Å². The van der Waals surface area contributed by atoms with Gasteiger partial charge in [0.2, 0.25) is 0 Å². The van der Waals surface area contributed by atoms with Crippen molar-refractivity contribution >= 4 is 0 Å². The van der Waals surface area contributed by atoms with Gasteiger partial charge in [-0.25, -0.2) is 0 Å². The predicted octanol–water partition coefficient (Wildman–Crippen LogP) is 3.94. The van der Waals surface area contributed by atoms with Gasteiger partial charge in [-0.2, -0.15) is 0 Å². The Balaban J connectivity index is 1.61. The first-order valence-corrected chi connectivity index (χ1v) is 7.84. The molecule has 0 radical (unpaired) electrons. The van der Waals surface area contributed by atoms with Gasteiger partial charge in [0.05, 0.1) is 6.61 Å². The summed E-state index contributed by atoms with van der Waals surface area (Å²) in [6.07, 6.45) is 9.08. The summed E-state index contributed by atoms with van der Waals surface area (Å²) in [7, 11) is 0. The van der Waals surface area contributed by atoms with E-state index in [1.54, 1.807) is 0 Å². The number of rotatable bonds is 7. The summed E-state index contributed by atoms with van der Waals surface area (Å²) in [5, 5.41) is 3.66. The number of benzene rings is 1. The van der Waals surface area contributed by atoms with E-state index >= 15 is 0 Å². The van der Waals surface area contributed by atoms with E-state index in [0.29, 0.717) is 0 Å². The Kier molecular flexibility index (Phi) is 6.22. The van der Waals surface area contributed by atoms with E-state index in [4.69, 9.17) is 4.74 Å². The molecule has 1 aromatic carbocycles. The maximum absolute atomic E-state index is 5.88. The molecule has 1 fully saturated rings. The second-order valence-electron chi connectivity index (χ2n) is 5.45. The fourth-order valence-corrected chi connectivity index (χ4v) is 2.80. The summed E-state index contributed by atoms with van der Waals surface area (Å²) in [6.45, 7) is 4.07. The Morgan fingerprint density at radius 1 is 1.16 bits per heavy atom. The zero-order valence-corrected chi connectivity index (χ0v) is 12.2. The molecule has 0 atom stereocenters. The monoisotopic (exact) mass is 261 g/mol. The molecule has 0 unspecified atom stereocenters.